The molecule has 1 N–H and O–H groups in total. The number of carbonyl (C=O) groups excluding carboxylic acids is 1. The van der Waals surface area contributed by atoms with Crippen LogP contribution in [0.3, 0.4) is 0 Å². The molecule has 0 aliphatic heterocycles. The van der Waals surface area contributed by atoms with Crippen LogP contribution in [-0.2, 0) is 22.6 Å². The largest absolute Gasteiger partial charge is 0.507 e. The third-order valence-electron chi connectivity index (χ3n) is 2.31. The highest BCUT2D eigenvalue weighted by Crippen LogP contribution is 2.26. The van der Waals surface area contributed by atoms with Crippen molar-refractivity contribution in [2.24, 2.45) is 0 Å². The molecule has 0 radical (unpaired) electrons. The SMILES string of the molecule is COCc1ccc(C)c(O)c1CC(C)=O. The predicted molar refractivity (Wildman–Crippen MR) is 57.9 cm³/mol. The van der Waals surface area contributed by atoms with E-state index in [9.17, 15) is 9.90 Å². The van der Waals surface area contributed by atoms with Gasteiger partial charge >= 0.3 is 0 Å². The van der Waals surface area contributed by atoms with E-state index < -0.39 is 0 Å². The van der Waals surface area contributed by atoms with Crippen molar-refractivity contribution in [2.75, 3.05) is 7.11 Å². The third kappa shape index (κ3) is 2.80. The van der Waals surface area contributed by atoms with E-state index in [0.29, 0.717) is 12.2 Å². The molecule has 3 heteroatoms. The van der Waals surface area contributed by atoms with Crippen molar-refractivity contribution in [2.45, 2.75) is 26.9 Å². The number of aryl methyl sites for hydroxylation is 1. The quantitative estimate of drug-likeness (QED) is 0.823. The number of phenolic OH excluding ortho intramolecular Hbond substituents is 1. The highest BCUT2D eigenvalue weighted by molar-refractivity contribution is 5.79. The highest BCUT2D eigenvalue weighted by atomic mass is 16.5. The van der Waals surface area contributed by atoms with Crippen LogP contribution in [0.2, 0.25) is 0 Å². The Kier molecular flexibility index (Phi) is 3.86. The van der Waals surface area contributed by atoms with Gasteiger partial charge in [-0.2, -0.15) is 0 Å². The van der Waals surface area contributed by atoms with Gasteiger partial charge in [-0.15, -0.1) is 0 Å². The Morgan fingerprint density at radius 1 is 1.47 bits per heavy atom. The average Bonchev–Trinajstić information content (AvgIpc) is 2.17. The molecule has 0 aliphatic carbocycles. The summed E-state index contributed by atoms with van der Waals surface area (Å²) in [5.41, 5.74) is 2.34. The van der Waals surface area contributed by atoms with Crippen molar-refractivity contribution in [1.82, 2.24) is 0 Å². The van der Waals surface area contributed by atoms with Crippen LogP contribution >= 0.6 is 0 Å². The summed E-state index contributed by atoms with van der Waals surface area (Å²) in [6, 6.07) is 3.71. The van der Waals surface area contributed by atoms with Crippen LogP contribution in [0.1, 0.15) is 23.6 Å². The maximum Gasteiger partial charge on any atom is 0.134 e. The van der Waals surface area contributed by atoms with Gasteiger partial charge in [0, 0.05) is 19.1 Å². The van der Waals surface area contributed by atoms with E-state index in [2.05, 4.69) is 0 Å². The molecule has 0 amide bonds. The summed E-state index contributed by atoms with van der Waals surface area (Å²) in [6.07, 6.45) is 0.256. The summed E-state index contributed by atoms with van der Waals surface area (Å²) in [4.78, 5) is 11.1. The molecule has 15 heavy (non-hydrogen) atoms. The lowest BCUT2D eigenvalue weighted by Crippen LogP contribution is -2.03. The second-order valence-corrected chi connectivity index (χ2v) is 3.68. The first kappa shape index (κ1) is 11.7. The lowest BCUT2D eigenvalue weighted by atomic mass is 9.99. The summed E-state index contributed by atoms with van der Waals surface area (Å²) in [5, 5.41) is 9.85. The van der Waals surface area contributed by atoms with E-state index in [1.807, 2.05) is 19.1 Å². The van der Waals surface area contributed by atoms with Crippen LogP contribution in [0.25, 0.3) is 0 Å². The Bertz CT molecular complexity index is 369. The zero-order valence-electron chi connectivity index (χ0n) is 9.33. The number of ketones is 1. The van der Waals surface area contributed by atoms with Gasteiger partial charge in [-0.05, 0) is 25.0 Å². The average molecular weight is 208 g/mol. The van der Waals surface area contributed by atoms with Crippen molar-refractivity contribution < 1.29 is 14.6 Å². The van der Waals surface area contributed by atoms with E-state index in [1.165, 1.54) is 6.92 Å². The fourth-order valence-electron chi connectivity index (χ4n) is 1.53. The lowest BCUT2D eigenvalue weighted by Gasteiger charge is -2.11. The molecule has 82 valence electrons. The van der Waals surface area contributed by atoms with Crippen molar-refractivity contribution in [1.29, 1.82) is 0 Å². The molecule has 0 heterocycles. The molecule has 0 fully saturated rings. The van der Waals surface area contributed by atoms with E-state index in [0.717, 1.165) is 11.1 Å². The summed E-state index contributed by atoms with van der Waals surface area (Å²) in [6.45, 7) is 3.74. The molecule has 0 saturated heterocycles. The molecule has 1 aromatic carbocycles. The Morgan fingerprint density at radius 2 is 2.13 bits per heavy atom. The van der Waals surface area contributed by atoms with Gasteiger partial charge in [0.15, 0.2) is 0 Å². The summed E-state index contributed by atoms with van der Waals surface area (Å²) in [7, 11) is 1.59. The number of ether oxygens (including phenoxy) is 1. The van der Waals surface area contributed by atoms with Crippen molar-refractivity contribution in [3.05, 3.63) is 28.8 Å². The first-order valence-electron chi connectivity index (χ1n) is 4.85. The molecule has 1 rings (SSSR count). The van der Waals surface area contributed by atoms with Gasteiger partial charge in [-0.3, -0.25) is 4.79 Å². The van der Waals surface area contributed by atoms with Gasteiger partial charge in [0.25, 0.3) is 0 Å². The van der Waals surface area contributed by atoms with Gasteiger partial charge < -0.3 is 9.84 Å². The first-order valence-corrected chi connectivity index (χ1v) is 4.85. The smallest absolute Gasteiger partial charge is 0.134 e. The van der Waals surface area contributed by atoms with Crippen LogP contribution in [0.5, 0.6) is 5.75 Å². The normalized spacial score (nSPS) is 10.3. The van der Waals surface area contributed by atoms with Crippen LogP contribution in [0.15, 0.2) is 12.1 Å². The van der Waals surface area contributed by atoms with E-state index in [-0.39, 0.29) is 18.0 Å². The summed E-state index contributed by atoms with van der Waals surface area (Å²) < 4.78 is 5.02. The molecule has 0 spiro atoms. The fraction of sp³-hybridized carbons (Fsp3) is 0.417. The van der Waals surface area contributed by atoms with E-state index >= 15 is 0 Å². The maximum absolute atomic E-state index is 11.1. The minimum absolute atomic E-state index is 0.0354. The molecular formula is C12H16O3. The number of benzene rings is 1. The minimum atomic E-state index is 0.0354. The van der Waals surface area contributed by atoms with E-state index in [1.54, 1.807) is 7.11 Å². The first-order chi connectivity index (χ1) is 7.06. The molecular weight excluding hydrogens is 192 g/mol. The monoisotopic (exact) mass is 208 g/mol. The van der Waals surface area contributed by atoms with Gasteiger partial charge in [-0.1, -0.05) is 12.1 Å². The topological polar surface area (TPSA) is 46.5 Å². The number of rotatable bonds is 4. The molecule has 0 aromatic heterocycles. The standard InChI is InChI=1S/C12H16O3/c1-8-4-5-10(7-15-3)11(12(8)14)6-9(2)13/h4-5,14H,6-7H2,1-3H3. The number of phenols is 1. The number of methoxy groups -OCH3 is 1. The third-order valence-corrected chi connectivity index (χ3v) is 2.31. The predicted octanol–water partition coefficient (Wildman–Crippen LogP) is 1.98. The second kappa shape index (κ2) is 4.94. The zero-order valence-corrected chi connectivity index (χ0v) is 9.33. The molecule has 0 atom stereocenters. The molecule has 0 saturated carbocycles. The van der Waals surface area contributed by atoms with Crippen molar-refractivity contribution in [3.63, 3.8) is 0 Å². The van der Waals surface area contributed by atoms with Gasteiger partial charge in [0.05, 0.1) is 6.61 Å². The van der Waals surface area contributed by atoms with Gasteiger partial charge in [-0.25, -0.2) is 0 Å². The summed E-state index contributed by atoms with van der Waals surface area (Å²) in [5.74, 6) is 0.244. The molecule has 0 aliphatic rings. The number of hydrogen-bond acceptors (Lipinski definition) is 3. The van der Waals surface area contributed by atoms with Crippen LogP contribution in [0.4, 0.5) is 0 Å². The van der Waals surface area contributed by atoms with E-state index in [4.69, 9.17) is 4.74 Å². The summed E-state index contributed by atoms with van der Waals surface area (Å²) >= 11 is 0. The number of aromatic hydroxyl groups is 1. The maximum atomic E-state index is 11.1. The Balaban J connectivity index is 3.15. The zero-order chi connectivity index (χ0) is 11.4. The molecule has 0 unspecified atom stereocenters. The second-order valence-electron chi connectivity index (χ2n) is 3.68. The Morgan fingerprint density at radius 3 is 2.67 bits per heavy atom. The van der Waals surface area contributed by atoms with Crippen LogP contribution < -0.4 is 0 Å². The molecule has 1 aromatic rings. The number of carbonyl (C=O) groups is 1. The fourth-order valence-corrected chi connectivity index (χ4v) is 1.53. The number of hydrogen-bond donors (Lipinski definition) is 1. The Labute approximate surface area is 89.7 Å². The van der Waals surface area contributed by atoms with Gasteiger partial charge in [0.1, 0.15) is 11.5 Å². The van der Waals surface area contributed by atoms with Crippen LogP contribution in [0, 0.1) is 6.92 Å². The van der Waals surface area contributed by atoms with Crippen molar-refractivity contribution >= 4 is 5.78 Å². The lowest BCUT2D eigenvalue weighted by molar-refractivity contribution is -0.116. The Hall–Kier alpha value is -1.35. The molecule has 3 nitrogen and oxygen atoms in total. The van der Waals surface area contributed by atoms with Crippen molar-refractivity contribution in [3.8, 4) is 5.75 Å². The molecule has 0 bridgehead atoms. The van der Waals surface area contributed by atoms with Gasteiger partial charge in [0.2, 0.25) is 0 Å². The number of Topliss-reactive ketones (excluding diaryl/α,β-unsaturated/α-hetero) is 1. The van der Waals surface area contributed by atoms with Crippen LogP contribution in [-0.4, -0.2) is 18.0 Å². The highest BCUT2D eigenvalue weighted by Gasteiger charge is 2.11. The minimum Gasteiger partial charge on any atom is -0.507 e.